The molecule has 1 fully saturated rings. The zero-order valence-corrected chi connectivity index (χ0v) is 15.7. The van der Waals surface area contributed by atoms with E-state index in [0.717, 1.165) is 31.5 Å². The van der Waals surface area contributed by atoms with Crippen LogP contribution in [0, 0.1) is 0 Å². The lowest BCUT2D eigenvalue weighted by atomic mass is 10.1. The highest BCUT2D eigenvalue weighted by atomic mass is 35.5. The van der Waals surface area contributed by atoms with Gasteiger partial charge in [-0.3, -0.25) is 4.79 Å². The highest BCUT2D eigenvalue weighted by Crippen LogP contribution is 2.17. The number of piperidine rings is 1. The lowest BCUT2D eigenvalue weighted by Gasteiger charge is -2.22. The molecular weight excluding hydrogens is 354 g/mol. The van der Waals surface area contributed by atoms with Crippen molar-refractivity contribution in [1.82, 2.24) is 25.6 Å². The Labute approximate surface area is 159 Å². The minimum Gasteiger partial charge on any atom is -0.375 e. The maximum atomic E-state index is 12.3. The van der Waals surface area contributed by atoms with Crippen molar-refractivity contribution in [3.8, 4) is 0 Å². The van der Waals surface area contributed by atoms with Gasteiger partial charge in [-0.2, -0.15) is 0 Å². The molecule has 7 nitrogen and oxygen atoms in total. The van der Waals surface area contributed by atoms with E-state index >= 15 is 0 Å². The van der Waals surface area contributed by atoms with Crippen LogP contribution in [0.5, 0.6) is 0 Å². The molecule has 2 aromatic rings. The number of hydrogen-bond acceptors (Lipinski definition) is 5. The summed E-state index contributed by atoms with van der Waals surface area (Å²) in [7, 11) is 0. The Bertz CT molecular complexity index is 673. The molecule has 1 amide bonds. The number of nitrogens with zero attached hydrogens (tertiary/aromatic N) is 3. The Kier molecular flexibility index (Phi) is 8.03. The molecule has 26 heavy (non-hydrogen) atoms. The van der Waals surface area contributed by atoms with Crippen molar-refractivity contribution in [1.29, 1.82) is 0 Å². The number of carbonyl (C=O) groups is 1. The van der Waals surface area contributed by atoms with Crippen molar-refractivity contribution in [2.45, 2.75) is 38.5 Å². The average Bonchev–Trinajstić information content (AvgIpc) is 3.14. The lowest BCUT2D eigenvalue weighted by Crippen LogP contribution is -2.36. The van der Waals surface area contributed by atoms with Gasteiger partial charge in [-0.25, -0.2) is 4.68 Å². The predicted octanol–water partition coefficient (Wildman–Crippen LogP) is 1.96. The van der Waals surface area contributed by atoms with Gasteiger partial charge in [0.25, 0.3) is 5.91 Å². The number of benzene rings is 1. The van der Waals surface area contributed by atoms with E-state index in [4.69, 9.17) is 4.74 Å². The third-order valence-electron chi connectivity index (χ3n) is 4.28. The number of halogens is 1. The third kappa shape index (κ3) is 5.79. The first-order valence-electron chi connectivity index (χ1n) is 8.77. The van der Waals surface area contributed by atoms with Crippen LogP contribution in [-0.2, 0) is 11.3 Å². The molecule has 2 heterocycles. The topological polar surface area (TPSA) is 81.1 Å². The van der Waals surface area contributed by atoms with E-state index < -0.39 is 0 Å². The van der Waals surface area contributed by atoms with Crippen LogP contribution in [0.3, 0.4) is 0 Å². The Morgan fingerprint density at radius 3 is 2.81 bits per heavy atom. The van der Waals surface area contributed by atoms with Crippen LogP contribution in [0.25, 0.3) is 0 Å². The second-order valence-corrected chi connectivity index (χ2v) is 6.44. The summed E-state index contributed by atoms with van der Waals surface area (Å²) in [4.78, 5) is 12.3. The fraction of sp³-hybridized carbons (Fsp3) is 0.500. The molecule has 1 aliphatic heterocycles. The van der Waals surface area contributed by atoms with Crippen molar-refractivity contribution >= 4 is 18.3 Å². The van der Waals surface area contributed by atoms with Crippen LogP contribution in [0.2, 0.25) is 0 Å². The van der Waals surface area contributed by atoms with Gasteiger partial charge in [0.1, 0.15) is 0 Å². The Hall–Kier alpha value is -1.96. The molecule has 0 saturated carbocycles. The molecule has 8 heteroatoms. The lowest BCUT2D eigenvalue weighted by molar-refractivity contribution is 0.0816. The normalized spacial score (nSPS) is 15.9. The van der Waals surface area contributed by atoms with Gasteiger partial charge in [0.2, 0.25) is 0 Å². The molecule has 0 spiro atoms. The average molecular weight is 380 g/mol. The molecule has 1 aliphatic rings. The molecule has 3 rings (SSSR count). The number of aromatic nitrogens is 3. The van der Waals surface area contributed by atoms with Gasteiger partial charge in [-0.1, -0.05) is 35.5 Å². The molecule has 1 atom stereocenters. The van der Waals surface area contributed by atoms with Crippen molar-refractivity contribution in [2.24, 2.45) is 0 Å². The van der Waals surface area contributed by atoms with E-state index in [-0.39, 0.29) is 24.4 Å². The molecule has 1 unspecified atom stereocenters. The van der Waals surface area contributed by atoms with Gasteiger partial charge < -0.3 is 15.4 Å². The van der Waals surface area contributed by atoms with Crippen LogP contribution >= 0.6 is 12.4 Å². The van der Waals surface area contributed by atoms with Crippen LogP contribution in [0.15, 0.2) is 36.5 Å². The first-order chi connectivity index (χ1) is 12.2. The van der Waals surface area contributed by atoms with Gasteiger partial charge >= 0.3 is 0 Å². The number of amides is 1. The molecule has 2 N–H and O–H groups in total. The SMILES string of the molecule is CC(COCc1ccccc1)NC(=O)c1cn(C2CCNCC2)nn1.Cl. The quantitative estimate of drug-likeness (QED) is 0.768. The molecule has 1 aromatic carbocycles. The number of carbonyl (C=O) groups excluding carboxylic acids is 1. The highest BCUT2D eigenvalue weighted by Gasteiger charge is 2.19. The molecule has 1 saturated heterocycles. The molecule has 0 bridgehead atoms. The number of nitrogens with one attached hydrogen (secondary N) is 2. The van der Waals surface area contributed by atoms with Gasteiger partial charge in [0.05, 0.1) is 25.5 Å². The smallest absolute Gasteiger partial charge is 0.273 e. The fourth-order valence-electron chi connectivity index (χ4n) is 2.90. The van der Waals surface area contributed by atoms with Gasteiger partial charge in [0, 0.05) is 6.04 Å². The highest BCUT2D eigenvalue weighted by molar-refractivity contribution is 5.92. The summed E-state index contributed by atoms with van der Waals surface area (Å²) in [5.74, 6) is -0.212. The van der Waals surface area contributed by atoms with E-state index in [9.17, 15) is 4.79 Å². The number of hydrogen-bond donors (Lipinski definition) is 2. The monoisotopic (exact) mass is 379 g/mol. The van der Waals surface area contributed by atoms with E-state index in [1.165, 1.54) is 0 Å². The van der Waals surface area contributed by atoms with E-state index in [0.29, 0.717) is 24.9 Å². The second-order valence-electron chi connectivity index (χ2n) is 6.44. The predicted molar refractivity (Wildman–Crippen MR) is 101 cm³/mol. The summed E-state index contributed by atoms with van der Waals surface area (Å²) in [5, 5.41) is 14.4. The van der Waals surface area contributed by atoms with Crippen molar-refractivity contribution in [2.75, 3.05) is 19.7 Å². The maximum absolute atomic E-state index is 12.3. The largest absolute Gasteiger partial charge is 0.375 e. The van der Waals surface area contributed by atoms with Crippen molar-refractivity contribution in [3.63, 3.8) is 0 Å². The summed E-state index contributed by atoms with van der Waals surface area (Å²) in [6, 6.07) is 10.2. The standard InChI is InChI=1S/C18H25N5O2.ClH/c1-14(12-25-13-15-5-3-2-4-6-15)20-18(24)17-11-23(22-21-17)16-7-9-19-10-8-16;/h2-6,11,14,16,19H,7-10,12-13H2,1H3,(H,20,24);1H. The van der Waals surface area contributed by atoms with Crippen LogP contribution in [0.1, 0.15) is 41.9 Å². The molecule has 0 radical (unpaired) electrons. The van der Waals surface area contributed by atoms with Gasteiger partial charge in [0.15, 0.2) is 5.69 Å². The Balaban J connectivity index is 0.00000243. The Morgan fingerprint density at radius 2 is 2.08 bits per heavy atom. The van der Waals surface area contributed by atoms with E-state index in [1.54, 1.807) is 6.20 Å². The molecule has 1 aromatic heterocycles. The summed E-state index contributed by atoms with van der Waals surface area (Å²) in [6.07, 6.45) is 3.76. The number of rotatable bonds is 7. The summed E-state index contributed by atoms with van der Waals surface area (Å²) >= 11 is 0. The minimum atomic E-state index is -0.212. The van der Waals surface area contributed by atoms with Crippen molar-refractivity contribution < 1.29 is 9.53 Å². The second kappa shape index (κ2) is 10.3. The van der Waals surface area contributed by atoms with Gasteiger partial charge in [-0.05, 0) is 38.4 Å². The van der Waals surface area contributed by atoms with Crippen molar-refractivity contribution in [3.05, 3.63) is 47.8 Å². The fourth-order valence-corrected chi connectivity index (χ4v) is 2.90. The maximum Gasteiger partial charge on any atom is 0.273 e. The summed E-state index contributed by atoms with van der Waals surface area (Å²) in [6.45, 7) is 4.85. The Morgan fingerprint density at radius 1 is 1.35 bits per heavy atom. The van der Waals surface area contributed by atoms with Crippen LogP contribution in [-0.4, -0.2) is 46.6 Å². The van der Waals surface area contributed by atoms with Gasteiger partial charge in [-0.15, -0.1) is 17.5 Å². The molecule has 142 valence electrons. The minimum absolute atomic E-state index is 0. The third-order valence-corrected chi connectivity index (χ3v) is 4.28. The molecule has 0 aliphatic carbocycles. The van der Waals surface area contributed by atoms with Crippen LogP contribution < -0.4 is 10.6 Å². The zero-order valence-electron chi connectivity index (χ0n) is 14.9. The van der Waals surface area contributed by atoms with Crippen LogP contribution in [0.4, 0.5) is 0 Å². The molecular formula is C18H26ClN5O2. The summed E-state index contributed by atoms with van der Waals surface area (Å²) in [5.41, 5.74) is 1.47. The first-order valence-corrected chi connectivity index (χ1v) is 8.77. The van der Waals surface area contributed by atoms with E-state index in [1.807, 2.05) is 41.9 Å². The first kappa shape index (κ1) is 20.4. The zero-order chi connectivity index (χ0) is 17.5. The van der Waals surface area contributed by atoms with E-state index in [2.05, 4.69) is 20.9 Å². The number of ether oxygens (including phenoxy) is 1. The summed E-state index contributed by atoms with van der Waals surface area (Å²) < 4.78 is 7.47.